The van der Waals surface area contributed by atoms with Gasteiger partial charge in [0.05, 0.1) is 17.4 Å². The molecule has 5 nitrogen and oxygen atoms in total. The molecule has 1 aliphatic heterocycles. The maximum atomic E-state index is 10.6. The summed E-state index contributed by atoms with van der Waals surface area (Å²) in [6, 6.07) is 25.3. The van der Waals surface area contributed by atoms with Gasteiger partial charge in [0, 0.05) is 23.8 Å². The van der Waals surface area contributed by atoms with E-state index in [0.717, 1.165) is 17.1 Å². The molecular weight excluding hydrogens is 404 g/mol. The molecule has 5 rings (SSSR count). The molecule has 2 unspecified atom stereocenters. The van der Waals surface area contributed by atoms with Crippen molar-refractivity contribution in [1.29, 1.82) is 0 Å². The van der Waals surface area contributed by atoms with Crippen LogP contribution in [-0.4, -0.2) is 19.8 Å². The maximum absolute atomic E-state index is 10.6. The van der Waals surface area contributed by atoms with E-state index in [0.29, 0.717) is 10.8 Å². The second kappa shape index (κ2) is 7.89. The van der Waals surface area contributed by atoms with Crippen LogP contribution in [0, 0.1) is 6.92 Å². The number of rotatable bonds is 4. The van der Waals surface area contributed by atoms with Crippen LogP contribution in [0.1, 0.15) is 29.0 Å². The lowest BCUT2D eigenvalue weighted by Crippen LogP contribution is -2.30. The predicted octanol–water partition coefficient (Wildman–Crippen LogP) is 5.06. The molecule has 0 saturated carbocycles. The van der Waals surface area contributed by atoms with Crippen molar-refractivity contribution in [1.82, 2.24) is 14.9 Å². The maximum Gasteiger partial charge on any atom is 0.174 e. The number of nitrogens with one attached hydrogen (secondary N) is 1. The van der Waals surface area contributed by atoms with Crippen LogP contribution in [0.25, 0.3) is 5.69 Å². The van der Waals surface area contributed by atoms with Crippen LogP contribution >= 0.6 is 12.2 Å². The highest BCUT2D eigenvalue weighted by atomic mass is 32.1. The molecule has 2 atom stereocenters. The number of phenolic OH excluding ortho intramolecular Hbond substituents is 1. The van der Waals surface area contributed by atoms with Crippen molar-refractivity contribution in [2.45, 2.75) is 19.0 Å². The van der Waals surface area contributed by atoms with Gasteiger partial charge in [-0.1, -0.05) is 30.3 Å². The van der Waals surface area contributed by atoms with E-state index >= 15 is 0 Å². The minimum Gasteiger partial charge on any atom is -0.506 e. The number of pyridine rings is 1. The number of nitrogens with zero attached hydrogens (tertiary/aromatic N) is 3. The smallest absolute Gasteiger partial charge is 0.174 e. The SMILES string of the molecule is Cc1cccc(-n2cccc2C2C(c3ccccn3)NC(=S)N2c2ccccc2O)c1. The van der Waals surface area contributed by atoms with Crippen LogP contribution in [0.5, 0.6) is 5.75 Å². The molecule has 0 spiro atoms. The van der Waals surface area contributed by atoms with Gasteiger partial charge >= 0.3 is 0 Å². The Morgan fingerprint density at radius 1 is 0.968 bits per heavy atom. The van der Waals surface area contributed by atoms with E-state index < -0.39 is 0 Å². The van der Waals surface area contributed by atoms with Gasteiger partial charge < -0.3 is 19.9 Å². The Labute approximate surface area is 186 Å². The lowest BCUT2D eigenvalue weighted by atomic mass is 10.0. The Bertz CT molecular complexity index is 1240. The fourth-order valence-electron chi connectivity index (χ4n) is 4.23. The summed E-state index contributed by atoms with van der Waals surface area (Å²) < 4.78 is 2.18. The molecule has 154 valence electrons. The fraction of sp³-hybridized carbons (Fsp3) is 0.120. The van der Waals surface area contributed by atoms with Crippen molar-refractivity contribution in [2.24, 2.45) is 0 Å². The average Bonchev–Trinajstić information content (AvgIpc) is 3.39. The third-order valence-electron chi connectivity index (χ3n) is 5.60. The zero-order valence-corrected chi connectivity index (χ0v) is 17.8. The van der Waals surface area contributed by atoms with E-state index in [9.17, 15) is 5.11 Å². The van der Waals surface area contributed by atoms with Crippen LogP contribution in [-0.2, 0) is 0 Å². The minimum absolute atomic E-state index is 0.174. The molecule has 2 N–H and O–H groups in total. The first kappa shape index (κ1) is 19.3. The molecule has 0 bridgehead atoms. The van der Waals surface area contributed by atoms with Crippen molar-refractivity contribution >= 4 is 23.0 Å². The minimum atomic E-state index is -0.203. The molecular formula is C25H22N4OS. The molecule has 0 aliphatic carbocycles. The number of hydrogen-bond acceptors (Lipinski definition) is 3. The van der Waals surface area contributed by atoms with Gasteiger partial charge in [0.15, 0.2) is 5.11 Å². The van der Waals surface area contributed by atoms with Gasteiger partial charge in [0.25, 0.3) is 0 Å². The van der Waals surface area contributed by atoms with Crippen molar-refractivity contribution in [3.8, 4) is 11.4 Å². The molecule has 1 fully saturated rings. The summed E-state index contributed by atoms with van der Waals surface area (Å²) in [7, 11) is 0. The Kier molecular flexibility index (Phi) is 4.92. The van der Waals surface area contributed by atoms with E-state index in [1.165, 1.54) is 5.56 Å². The predicted molar refractivity (Wildman–Crippen MR) is 127 cm³/mol. The van der Waals surface area contributed by atoms with E-state index in [1.807, 2.05) is 47.4 Å². The second-order valence-electron chi connectivity index (χ2n) is 7.63. The molecule has 0 amide bonds. The van der Waals surface area contributed by atoms with Crippen molar-refractivity contribution < 1.29 is 5.11 Å². The summed E-state index contributed by atoms with van der Waals surface area (Å²) in [5, 5.41) is 14.6. The summed E-state index contributed by atoms with van der Waals surface area (Å²) >= 11 is 5.76. The molecule has 1 saturated heterocycles. The van der Waals surface area contributed by atoms with Gasteiger partial charge in [-0.25, -0.2) is 0 Å². The first-order valence-corrected chi connectivity index (χ1v) is 10.6. The molecule has 31 heavy (non-hydrogen) atoms. The Morgan fingerprint density at radius 3 is 2.58 bits per heavy atom. The van der Waals surface area contributed by atoms with Crippen molar-refractivity contribution in [2.75, 3.05) is 4.90 Å². The second-order valence-corrected chi connectivity index (χ2v) is 8.01. The first-order chi connectivity index (χ1) is 15.1. The van der Waals surface area contributed by atoms with Gasteiger partial charge in [-0.3, -0.25) is 4.98 Å². The molecule has 4 aromatic rings. The van der Waals surface area contributed by atoms with Gasteiger partial charge in [0.1, 0.15) is 11.8 Å². The molecule has 3 heterocycles. The zero-order chi connectivity index (χ0) is 21.4. The Hall–Kier alpha value is -3.64. The van der Waals surface area contributed by atoms with Crippen LogP contribution in [0.15, 0.2) is 91.3 Å². The van der Waals surface area contributed by atoms with Crippen molar-refractivity contribution in [3.05, 3.63) is 108 Å². The summed E-state index contributed by atoms with van der Waals surface area (Å²) in [5.74, 6) is 0.187. The highest BCUT2D eigenvalue weighted by molar-refractivity contribution is 7.80. The van der Waals surface area contributed by atoms with E-state index in [2.05, 4.69) is 58.3 Å². The van der Waals surface area contributed by atoms with Crippen LogP contribution in [0.2, 0.25) is 0 Å². The number of para-hydroxylation sites is 2. The zero-order valence-electron chi connectivity index (χ0n) is 17.0. The Morgan fingerprint density at radius 2 is 1.81 bits per heavy atom. The van der Waals surface area contributed by atoms with E-state index in [1.54, 1.807) is 12.3 Å². The fourth-order valence-corrected chi connectivity index (χ4v) is 4.57. The molecule has 2 aromatic heterocycles. The number of phenols is 1. The number of aryl methyl sites for hydroxylation is 1. The summed E-state index contributed by atoms with van der Waals surface area (Å²) in [4.78, 5) is 6.59. The number of aromatic hydroxyl groups is 1. The summed E-state index contributed by atoms with van der Waals surface area (Å²) in [6.45, 7) is 2.09. The van der Waals surface area contributed by atoms with Gasteiger partial charge in [-0.05, 0) is 73.2 Å². The lowest BCUT2D eigenvalue weighted by molar-refractivity contribution is 0.472. The molecule has 0 radical (unpaired) electrons. The summed E-state index contributed by atoms with van der Waals surface area (Å²) in [6.07, 6.45) is 3.85. The highest BCUT2D eigenvalue weighted by Crippen LogP contribution is 2.44. The molecule has 1 aliphatic rings. The Balaban J connectivity index is 1.69. The van der Waals surface area contributed by atoms with E-state index in [-0.39, 0.29) is 17.8 Å². The van der Waals surface area contributed by atoms with Gasteiger partial charge in [-0.2, -0.15) is 0 Å². The van der Waals surface area contributed by atoms with Gasteiger partial charge in [-0.15, -0.1) is 0 Å². The average molecular weight is 427 g/mol. The molecule has 2 aromatic carbocycles. The standard InChI is InChI=1S/C25H22N4OS/c1-17-8-6-9-18(16-17)28-15-7-12-21(28)24-23(19-10-4-5-14-26-19)27-25(31)29(24)20-11-2-3-13-22(20)30/h2-16,23-24,30H,1H3,(H,27,31). The number of anilines is 1. The van der Waals surface area contributed by atoms with Crippen LogP contribution < -0.4 is 10.2 Å². The van der Waals surface area contributed by atoms with Crippen molar-refractivity contribution in [3.63, 3.8) is 0 Å². The molecule has 6 heteroatoms. The highest BCUT2D eigenvalue weighted by Gasteiger charge is 2.42. The van der Waals surface area contributed by atoms with Crippen LogP contribution in [0.4, 0.5) is 5.69 Å². The first-order valence-electron chi connectivity index (χ1n) is 10.2. The van der Waals surface area contributed by atoms with Gasteiger partial charge in [0.2, 0.25) is 0 Å². The number of hydrogen-bond donors (Lipinski definition) is 2. The summed E-state index contributed by atoms with van der Waals surface area (Å²) in [5.41, 5.74) is 4.88. The number of thiocarbonyl (C=S) groups is 1. The largest absolute Gasteiger partial charge is 0.506 e. The van der Waals surface area contributed by atoms with E-state index in [4.69, 9.17) is 12.2 Å². The number of aromatic nitrogens is 2. The normalized spacial score (nSPS) is 18.2. The number of benzene rings is 2. The third-order valence-corrected chi connectivity index (χ3v) is 5.92. The quantitative estimate of drug-likeness (QED) is 0.447. The lowest BCUT2D eigenvalue weighted by Gasteiger charge is -2.29. The van der Waals surface area contributed by atoms with Crippen LogP contribution in [0.3, 0.4) is 0 Å². The topological polar surface area (TPSA) is 53.3 Å². The monoisotopic (exact) mass is 426 g/mol. The third kappa shape index (κ3) is 3.45.